The maximum Gasteiger partial charge on any atom is 0.228 e. The fourth-order valence-corrected chi connectivity index (χ4v) is 3.45. The van der Waals surface area contributed by atoms with Crippen LogP contribution in [0, 0.1) is 12.8 Å². The van der Waals surface area contributed by atoms with Crippen molar-refractivity contribution in [2.75, 3.05) is 13.1 Å². The molecule has 140 valence electrons. The summed E-state index contributed by atoms with van der Waals surface area (Å²) in [4.78, 5) is 22.7. The highest BCUT2D eigenvalue weighted by Crippen LogP contribution is 2.26. The zero-order valence-corrected chi connectivity index (χ0v) is 15.5. The normalized spacial score (nSPS) is 20.2. The van der Waals surface area contributed by atoms with Crippen LogP contribution in [-0.2, 0) is 11.2 Å². The Bertz CT molecular complexity index is 984. The SMILES string of the molecule is Cc1ncc(-c2ccc3cnc(CC(=O)N4CC[C@H](C)[C@@H](F)C4)cc3c2)o1. The van der Waals surface area contributed by atoms with Crippen LogP contribution < -0.4 is 0 Å². The Balaban J connectivity index is 1.54. The monoisotopic (exact) mass is 367 g/mol. The van der Waals surface area contributed by atoms with E-state index in [0.717, 1.165) is 16.3 Å². The van der Waals surface area contributed by atoms with E-state index >= 15 is 0 Å². The first-order chi connectivity index (χ1) is 13.0. The summed E-state index contributed by atoms with van der Waals surface area (Å²) in [5.41, 5.74) is 1.62. The molecule has 3 aromatic rings. The van der Waals surface area contributed by atoms with Crippen molar-refractivity contribution < 1.29 is 13.6 Å². The van der Waals surface area contributed by atoms with Crippen LogP contribution in [-0.4, -0.2) is 40.0 Å². The molecule has 0 bridgehead atoms. The number of halogens is 1. The molecule has 2 aromatic heterocycles. The first kappa shape index (κ1) is 17.6. The van der Waals surface area contributed by atoms with Crippen LogP contribution in [0.15, 0.2) is 41.1 Å². The smallest absolute Gasteiger partial charge is 0.228 e. The number of rotatable bonds is 3. The first-order valence-corrected chi connectivity index (χ1v) is 9.23. The number of benzene rings is 1. The number of aryl methyl sites for hydroxylation is 1. The summed E-state index contributed by atoms with van der Waals surface area (Å²) in [6.45, 7) is 4.50. The molecule has 1 aliphatic rings. The maximum atomic E-state index is 13.9. The van der Waals surface area contributed by atoms with Gasteiger partial charge in [-0.1, -0.05) is 19.1 Å². The van der Waals surface area contributed by atoms with Crippen LogP contribution in [0.3, 0.4) is 0 Å². The van der Waals surface area contributed by atoms with Gasteiger partial charge in [-0.25, -0.2) is 9.37 Å². The van der Waals surface area contributed by atoms with Crippen LogP contribution in [0.25, 0.3) is 22.1 Å². The third-order valence-electron chi connectivity index (χ3n) is 5.24. The molecule has 4 rings (SSSR count). The van der Waals surface area contributed by atoms with Gasteiger partial charge in [-0.15, -0.1) is 0 Å². The lowest BCUT2D eigenvalue weighted by atomic mass is 9.97. The van der Waals surface area contributed by atoms with E-state index in [0.29, 0.717) is 30.3 Å². The number of nitrogens with zero attached hydrogens (tertiary/aromatic N) is 3. The lowest BCUT2D eigenvalue weighted by Crippen LogP contribution is -2.44. The van der Waals surface area contributed by atoms with Crippen LogP contribution in [0.5, 0.6) is 0 Å². The Kier molecular flexibility index (Phi) is 4.64. The summed E-state index contributed by atoms with van der Waals surface area (Å²) >= 11 is 0. The van der Waals surface area contributed by atoms with Gasteiger partial charge in [0.1, 0.15) is 6.17 Å². The van der Waals surface area contributed by atoms with E-state index in [1.165, 1.54) is 0 Å². The van der Waals surface area contributed by atoms with Crippen molar-refractivity contribution in [2.45, 2.75) is 32.9 Å². The molecule has 3 heterocycles. The average molecular weight is 367 g/mol. The summed E-state index contributed by atoms with van der Waals surface area (Å²) in [7, 11) is 0. The number of likely N-dealkylation sites (tertiary alicyclic amines) is 1. The topological polar surface area (TPSA) is 59.2 Å². The third kappa shape index (κ3) is 3.70. The highest BCUT2D eigenvalue weighted by atomic mass is 19.1. The Labute approximate surface area is 157 Å². The van der Waals surface area contributed by atoms with E-state index in [2.05, 4.69) is 9.97 Å². The summed E-state index contributed by atoms with van der Waals surface area (Å²) in [5.74, 6) is 1.28. The van der Waals surface area contributed by atoms with Gasteiger partial charge in [0.05, 0.1) is 24.9 Å². The predicted octanol–water partition coefficient (Wildman–Crippen LogP) is 3.95. The van der Waals surface area contributed by atoms with E-state index in [4.69, 9.17) is 4.42 Å². The van der Waals surface area contributed by atoms with Gasteiger partial charge in [0.2, 0.25) is 5.91 Å². The molecule has 0 radical (unpaired) electrons. The van der Waals surface area contributed by atoms with Crippen LogP contribution in [0.4, 0.5) is 4.39 Å². The molecule has 2 atom stereocenters. The van der Waals surface area contributed by atoms with Gasteiger partial charge in [-0.2, -0.15) is 0 Å². The molecule has 0 unspecified atom stereocenters. The number of hydrogen-bond donors (Lipinski definition) is 0. The summed E-state index contributed by atoms with van der Waals surface area (Å²) in [6.07, 6.45) is 3.41. The predicted molar refractivity (Wildman–Crippen MR) is 101 cm³/mol. The van der Waals surface area contributed by atoms with Gasteiger partial charge in [0.15, 0.2) is 11.7 Å². The zero-order valence-electron chi connectivity index (χ0n) is 15.5. The molecule has 1 aliphatic heterocycles. The molecule has 1 fully saturated rings. The lowest BCUT2D eigenvalue weighted by molar-refractivity contribution is -0.133. The fourth-order valence-electron chi connectivity index (χ4n) is 3.45. The van der Waals surface area contributed by atoms with Gasteiger partial charge < -0.3 is 9.32 Å². The molecule has 1 amide bonds. The molecular weight excluding hydrogens is 345 g/mol. The van der Waals surface area contributed by atoms with Gasteiger partial charge >= 0.3 is 0 Å². The molecular formula is C21H22FN3O2. The van der Waals surface area contributed by atoms with E-state index in [1.807, 2.05) is 38.1 Å². The van der Waals surface area contributed by atoms with Crippen LogP contribution >= 0.6 is 0 Å². The Morgan fingerprint density at radius 1 is 1.26 bits per heavy atom. The number of piperidine rings is 1. The van der Waals surface area contributed by atoms with Gasteiger partial charge in [0, 0.05) is 30.6 Å². The van der Waals surface area contributed by atoms with Crippen molar-refractivity contribution >= 4 is 16.7 Å². The number of hydrogen-bond acceptors (Lipinski definition) is 4. The highest BCUT2D eigenvalue weighted by Gasteiger charge is 2.28. The minimum atomic E-state index is -0.944. The summed E-state index contributed by atoms with van der Waals surface area (Å²) in [5, 5.41) is 1.97. The molecule has 6 heteroatoms. The van der Waals surface area contributed by atoms with Crippen LogP contribution in [0.1, 0.15) is 24.9 Å². The number of pyridine rings is 1. The van der Waals surface area contributed by atoms with Gasteiger partial charge in [0.25, 0.3) is 0 Å². The Morgan fingerprint density at radius 3 is 2.85 bits per heavy atom. The van der Waals surface area contributed by atoms with E-state index in [1.54, 1.807) is 17.3 Å². The molecule has 0 N–H and O–H groups in total. The van der Waals surface area contributed by atoms with Gasteiger partial charge in [-0.05, 0) is 29.9 Å². The fraction of sp³-hybridized carbons (Fsp3) is 0.381. The van der Waals surface area contributed by atoms with Crippen LogP contribution in [0.2, 0.25) is 0 Å². The molecule has 5 nitrogen and oxygen atoms in total. The molecule has 1 saturated heterocycles. The molecule has 0 saturated carbocycles. The number of amides is 1. The summed E-state index contributed by atoms with van der Waals surface area (Å²) < 4.78 is 19.5. The maximum absolute atomic E-state index is 13.9. The second-order valence-electron chi connectivity index (χ2n) is 7.28. The zero-order chi connectivity index (χ0) is 19.0. The standard InChI is InChI=1S/C21H22FN3O2/c1-13-5-6-25(12-19(13)22)21(26)9-18-8-17-7-15(3-4-16(17)10-24-18)20-11-23-14(2)27-20/h3-4,7-8,10-11,13,19H,5-6,9,12H2,1-2H3/t13-,19-/m0/s1. The van der Waals surface area contributed by atoms with Crippen molar-refractivity contribution in [2.24, 2.45) is 5.92 Å². The van der Waals surface area contributed by atoms with Crippen molar-refractivity contribution in [3.8, 4) is 11.3 Å². The van der Waals surface area contributed by atoms with E-state index in [-0.39, 0.29) is 24.8 Å². The number of aromatic nitrogens is 2. The summed E-state index contributed by atoms with van der Waals surface area (Å²) in [6, 6.07) is 7.86. The number of carbonyl (C=O) groups is 1. The molecule has 1 aromatic carbocycles. The second kappa shape index (κ2) is 7.10. The minimum Gasteiger partial charge on any atom is -0.441 e. The minimum absolute atomic E-state index is 0.0194. The van der Waals surface area contributed by atoms with Crippen molar-refractivity contribution in [3.63, 3.8) is 0 Å². The van der Waals surface area contributed by atoms with Crippen molar-refractivity contribution in [1.82, 2.24) is 14.9 Å². The number of carbonyl (C=O) groups excluding carboxylic acids is 1. The highest BCUT2D eigenvalue weighted by molar-refractivity contribution is 5.87. The molecule has 0 aliphatic carbocycles. The number of alkyl halides is 1. The Morgan fingerprint density at radius 2 is 2.11 bits per heavy atom. The molecule has 27 heavy (non-hydrogen) atoms. The quantitative estimate of drug-likeness (QED) is 0.703. The second-order valence-corrected chi connectivity index (χ2v) is 7.28. The van der Waals surface area contributed by atoms with E-state index < -0.39 is 6.17 Å². The average Bonchev–Trinajstić information content (AvgIpc) is 3.09. The number of fused-ring (bicyclic) bond motifs is 1. The third-order valence-corrected chi connectivity index (χ3v) is 5.24. The van der Waals surface area contributed by atoms with Gasteiger partial charge in [-0.3, -0.25) is 9.78 Å². The van der Waals surface area contributed by atoms with Crippen molar-refractivity contribution in [3.05, 3.63) is 48.2 Å². The first-order valence-electron chi connectivity index (χ1n) is 9.23. The Hall–Kier alpha value is -2.76. The largest absolute Gasteiger partial charge is 0.441 e. The number of oxazole rings is 1. The molecule has 0 spiro atoms. The van der Waals surface area contributed by atoms with E-state index in [9.17, 15) is 9.18 Å². The lowest BCUT2D eigenvalue weighted by Gasteiger charge is -2.33. The van der Waals surface area contributed by atoms with Crippen molar-refractivity contribution in [1.29, 1.82) is 0 Å².